The van der Waals surface area contributed by atoms with Gasteiger partial charge in [0.2, 0.25) is 6.29 Å². The van der Waals surface area contributed by atoms with Crippen molar-refractivity contribution < 1.29 is 9.59 Å². The Bertz CT molecular complexity index is 200. The highest BCUT2D eigenvalue weighted by Gasteiger charge is 2.53. The molecular weight excluding hydrogens is 142 g/mol. The van der Waals surface area contributed by atoms with E-state index in [0.717, 1.165) is 12.8 Å². The average Bonchev–Trinajstić information content (AvgIpc) is 2.66. The van der Waals surface area contributed by atoms with E-state index in [2.05, 4.69) is 5.32 Å². The first-order valence-electron chi connectivity index (χ1n) is 4.00. The van der Waals surface area contributed by atoms with Crippen LogP contribution in [0.25, 0.3) is 0 Å². The highest BCUT2D eigenvalue weighted by molar-refractivity contribution is 6.23. The van der Waals surface area contributed by atoms with Crippen molar-refractivity contribution in [3.05, 3.63) is 0 Å². The fourth-order valence-electron chi connectivity index (χ4n) is 1.91. The van der Waals surface area contributed by atoms with Crippen LogP contribution < -0.4 is 5.32 Å². The summed E-state index contributed by atoms with van der Waals surface area (Å²) in [5, 5.41) is 2.65. The summed E-state index contributed by atoms with van der Waals surface area (Å²) in [4.78, 5) is 20.5. The van der Waals surface area contributed by atoms with E-state index >= 15 is 0 Å². The van der Waals surface area contributed by atoms with Crippen LogP contribution >= 0.6 is 0 Å². The third kappa shape index (κ3) is 1.15. The molecule has 11 heavy (non-hydrogen) atoms. The number of hydrogen-bond donors (Lipinski definition) is 1. The van der Waals surface area contributed by atoms with E-state index < -0.39 is 5.91 Å². The predicted octanol–water partition coefficient (Wildman–Crippen LogP) is 0.244. The largest absolute Gasteiger partial charge is 0.347 e. The Kier molecular flexibility index (Phi) is 1.28. The number of carbonyl (C=O) groups excluding carboxylic acids is 2. The van der Waals surface area contributed by atoms with Gasteiger partial charge in [-0.3, -0.25) is 9.59 Å². The van der Waals surface area contributed by atoms with Gasteiger partial charge < -0.3 is 5.32 Å². The first kappa shape index (κ1) is 6.83. The van der Waals surface area contributed by atoms with E-state index in [1.54, 1.807) is 0 Å². The predicted molar refractivity (Wildman–Crippen MR) is 38.9 cm³/mol. The lowest BCUT2D eigenvalue weighted by atomic mass is 9.77. The molecular formula is C8H11NO2. The lowest BCUT2D eigenvalue weighted by Gasteiger charge is -2.35. The molecule has 2 rings (SSSR count). The van der Waals surface area contributed by atoms with Gasteiger partial charge in [0.15, 0.2) is 0 Å². The summed E-state index contributed by atoms with van der Waals surface area (Å²) in [6.45, 7) is 0. The lowest BCUT2D eigenvalue weighted by molar-refractivity contribution is -0.132. The van der Waals surface area contributed by atoms with Crippen LogP contribution in [0.4, 0.5) is 0 Å². The van der Waals surface area contributed by atoms with Crippen LogP contribution in [0.5, 0.6) is 0 Å². The van der Waals surface area contributed by atoms with Crippen LogP contribution in [-0.2, 0) is 9.59 Å². The maximum atomic E-state index is 10.6. The molecule has 1 N–H and O–H groups in total. The molecule has 3 nitrogen and oxygen atoms in total. The SMILES string of the molecule is O=CC(=O)NC1CC2(CC2)C1. The maximum Gasteiger partial charge on any atom is 0.284 e. The van der Waals surface area contributed by atoms with Gasteiger partial charge in [0.1, 0.15) is 0 Å². The van der Waals surface area contributed by atoms with Gasteiger partial charge in [0.25, 0.3) is 5.91 Å². The van der Waals surface area contributed by atoms with Crippen LogP contribution in [0.1, 0.15) is 25.7 Å². The quantitative estimate of drug-likeness (QED) is 0.456. The van der Waals surface area contributed by atoms with Crippen LogP contribution in [-0.4, -0.2) is 18.2 Å². The Labute approximate surface area is 65.2 Å². The van der Waals surface area contributed by atoms with E-state index in [-0.39, 0.29) is 6.04 Å². The zero-order valence-corrected chi connectivity index (χ0v) is 6.30. The Hall–Kier alpha value is -0.860. The first-order chi connectivity index (χ1) is 5.24. The normalized spacial score (nSPS) is 25.8. The van der Waals surface area contributed by atoms with Crippen molar-refractivity contribution in [2.24, 2.45) is 5.41 Å². The van der Waals surface area contributed by atoms with Gasteiger partial charge in [-0.15, -0.1) is 0 Å². The number of hydrogen-bond acceptors (Lipinski definition) is 2. The van der Waals surface area contributed by atoms with Gasteiger partial charge in [0, 0.05) is 6.04 Å². The monoisotopic (exact) mass is 153 g/mol. The second-order valence-corrected chi connectivity index (χ2v) is 3.73. The molecule has 3 heteroatoms. The van der Waals surface area contributed by atoms with E-state index in [9.17, 15) is 9.59 Å². The van der Waals surface area contributed by atoms with Gasteiger partial charge in [-0.2, -0.15) is 0 Å². The van der Waals surface area contributed by atoms with Crippen molar-refractivity contribution in [2.45, 2.75) is 31.7 Å². The molecule has 2 aliphatic rings. The Morgan fingerprint density at radius 3 is 2.55 bits per heavy atom. The van der Waals surface area contributed by atoms with Crippen LogP contribution in [0.2, 0.25) is 0 Å². The van der Waals surface area contributed by atoms with E-state index in [4.69, 9.17) is 0 Å². The van der Waals surface area contributed by atoms with Crippen molar-refractivity contribution in [3.8, 4) is 0 Å². The molecule has 1 spiro atoms. The van der Waals surface area contributed by atoms with Crippen molar-refractivity contribution >= 4 is 12.2 Å². The molecule has 1 amide bonds. The number of carbonyl (C=O) groups is 2. The van der Waals surface area contributed by atoms with Gasteiger partial charge in [-0.05, 0) is 31.1 Å². The minimum absolute atomic E-state index is 0.287. The topological polar surface area (TPSA) is 46.2 Å². The van der Waals surface area contributed by atoms with Crippen molar-refractivity contribution in [2.75, 3.05) is 0 Å². The fourth-order valence-corrected chi connectivity index (χ4v) is 1.91. The number of rotatable bonds is 2. The van der Waals surface area contributed by atoms with Gasteiger partial charge in [-0.1, -0.05) is 0 Å². The average molecular weight is 153 g/mol. The second-order valence-electron chi connectivity index (χ2n) is 3.73. The summed E-state index contributed by atoms with van der Waals surface area (Å²) < 4.78 is 0. The van der Waals surface area contributed by atoms with Crippen LogP contribution in [0, 0.1) is 5.41 Å². The number of aldehydes is 1. The van der Waals surface area contributed by atoms with Crippen molar-refractivity contribution in [1.82, 2.24) is 5.32 Å². The van der Waals surface area contributed by atoms with E-state index in [1.165, 1.54) is 12.8 Å². The van der Waals surface area contributed by atoms with Crippen molar-refractivity contribution in [1.29, 1.82) is 0 Å². The summed E-state index contributed by atoms with van der Waals surface area (Å²) in [6, 6.07) is 0.287. The molecule has 0 aromatic rings. The van der Waals surface area contributed by atoms with Gasteiger partial charge in [-0.25, -0.2) is 0 Å². The molecule has 0 bridgehead atoms. The molecule has 0 aromatic heterocycles. The fraction of sp³-hybridized carbons (Fsp3) is 0.750. The summed E-state index contributed by atoms with van der Waals surface area (Å²) in [6.07, 6.45) is 5.16. The Balaban J connectivity index is 1.74. The van der Waals surface area contributed by atoms with Crippen molar-refractivity contribution in [3.63, 3.8) is 0 Å². The van der Waals surface area contributed by atoms with E-state index in [1.807, 2.05) is 0 Å². The summed E-state index contributed by atoms with van der Waals surface area (Å²) in [5.74, 6) is -0.467. The van der Waals surface area contributed by atoms with Crippen LogP contribution in [0.3, 0.4) is 0 Å². The zero-order valence-electron chi connectivity index (χ0n) is 6.30. The van der Waals surface area contributed by atoms with Gasteiger partial charge >= 0.3 is 0 Å². The minimum atomic E-state index is -0.467. The molecule has 2 aliphatic carbocycles. The molecule has 60 valence electrons. The standard InChI is InChI=1S/C8H11NO2/c10-5-7(11)9-6-3-8(4-6)1-2-8/h5-6H,1-4H2,(H,9,11). The molecule has 0 saturated heterocycles. The first-order valence-corrected chi connectivity index (χ1v) is 4.00. The summed E-state index contributed by atoms with van der Waals surface area (Å²) >= 11 is 0. The maximum absolute atomic E-state index is 10.6. The smallest absolute Gasteiger partial charge is 0.284 e. The molecule has 0 unspecified atom stereocenters. The minimum Gasteiger partial charge on any atom is -0.347 e. The zero-order chi connectivity index (χ0) is 7.90. The molecule has 0 atom stereocenters. The third-order valence-electron chi connectivity index (χ3n) is 2.77. The molecule has 2 saturated carbocycles. The Morgan fingerprint density at radius 2 is 2.09 bits per heavy atom. The molecule has 0 aromatic carbocycles. The second kappa shape index (κ2) is 2.06. The highest BCUT2D eigenvalue weighted by atomic mass is 16.2. The number of nitrogens with one attached hydrogen (secondary N) is 1. The number of amides is 1. The molecule has 2 fully saturated rings. The lowest BCUT2D eigenvalue weighted by Crippen LogP contribution is -2.45. The van der Waals surface area contributed by atoms with Gasteiger partial charge in [0.05, 0.1) is 0 Å². The van der Waals surface area contributed by atoms with E-state index in [0.29, 0.717) is 11.7 Å². The summed E-state index contributed by atoms with van der Waals surface area (Å²) in [5.41, 5.74) is 0.598. The molecule has 0 radical (unpaired) electrons. The molecule has 0 aliphatic heterocycles. The van der Waals surface area contributed by atoms with Crippen LogP contribution in [0.15, 0.2) is 0 Å². The molecule has 0 heterocycles. The summed E-state index contributed by atoms with van der Waals surface area (Å²) in [7, 11) is 0. The Morgan fingerprint density at radius 1 is 1.45 bits per heavy atom. The highest BCUT2D eigenvalue weighted by Crippen LogP contribution is 2.60. The third-order valence-corrected chi connectivity index (χ3v) is 2.77.